The molecule has 8 nitrogen and oxygen atoms in total. The van der Waals surface area contributed by atoms with Crippen molar-refractivity contribution in [3.8, 4) is 11.4 Å². The average molecular weight is 444 g/mol. The van der Waals surface area contributed by atoms with Crippen molar-refractivity contribution in [1.82, 2.24) is 25.7 Å². The Hall–Kier alpha value is -2.81. The molecule has 2 N–H and O–H groups in total. The van der Waals surface area contributed by atoms with Gasteiger partial charge in [-0.2, -0.15) is 4.98 Å². The van der Waals surface area contributed by atoms with Crippen LogP contribution in [0.5, 0.6) is 0 Å². The van der Waals surface area contributed by atoms with Gasteiger partial charge in [0.1, 0.15) is 5.82 Å². The molecule has 1 saturated heterocycles. The molecule has 1 saturated carbocycles. The van der Waals surface area contributed by atoms with E-state index in [-0.39, 0.29) is 30.2 Å². The predicted octanol–water partition coefficient (Wildman–Crippen LogP) is 3.46. The van der Waals surface area contributed by atoms with E-state index >= 15 is 0 Å². The summed E-state index contributed by atoms with van der Waals surface area (Å²) in [6.45, 7) is 3.61. The zero-order chi connectivity index (χ0) is 22.5. The van der Waals surface area contributed by atoms with E-state index in [1.165, 1.54) is 18.6 Å². The van der Waals surface area contributed by atoms with Gasteiger partial charge < -0.3 is 9.84 Å². The average Bonchev–Trinajstić information content (AvgIpc) is 3.26. The first-order chi connectivity index (χ1) is 15.5. The van der Waals surface area contributed by atoms with Crippen molar-refractivity contribution in [2.45, 2.75) is 57.4 Å². The van der Waals surface area contributed by atoms with Crippen molar-refractivity contribution in [2.24, 2.45) is 5.92 Å². The van der Waals surface area contributed by atoms with Crippen molar-refractivity contribution < 1.29 is 18.5 Å². The molecule has 0 radical (unpaired) electrons. The zero-order valence-electron chi connectivity index (χ0n) is 18.3. The highest BCUT2D eigenvalue weighted by molar-refractivity contribution is 5.95. The Balaban J connectivity index is 1.28. The number of hydrogen-bond donors (Lipinski definition) is 2. The lowest BCUT2D eigenvalue weighted by molar-refractivity contribution is -0.121. The number of rotatable bonds is 5. The van der Waals surface area contributed by atoms with E-state index in [9.17, 15) is 14.0 Å². The summed E-state index contributed by atoms with van der Waals surface area (Å²) in [6.07, 6.45) is 6.10. The number of nitrogens with zero attached hydrogens (tertiary/aromatic N) is 3. The Bertz CT molecular complexity index is 949. The number of imide groups is 1. The maximum absolute atomic E-state index is 13.5. The van der Waals surface area contributed by atoms with E-state index < -0.39 is 6.03 Å². The molecule has 1 aliphatic heterocycles. The largest absolute Gasteiger partial charge is 0.339 e. The Morgan fingerprint density at radius 1 is 1.22 bits per heavy atom. The third kappa shape index (κ3) is 5.70. The Morgan fingerprint density at radius 2 is 2.06 bits per heavy atom. The molecule has 2 aromatic rings. The molecule has 0 bridgehead atoms. The van der Waals surface area contributed by atoms with Crippen LogP contribution in [0.3, 0.4) is 0 Å². The minimum atomic E-state index is -0.418. The number of halogens is 1. The van der Waals surface area contributed by atoms with Crippen molar-refractivity contribution in [3.63, 3.8) is 0 Å². The number of likely N-dealkylation sites (tertiary alicyclic amines) is 1. The molecule has 1 aromatic heterocycles. The van der Waals surface area contributed by atoms with Gasteiger partial charge in [0.15, 0.2) is 0 Å². The number of hydrogen-bond acceptors (Lipinski definition) is 6. The zero-order valence-corrected chi connectivity index (χ0v) is 18.3. The van der Waals surface area contributed by atoms with E-state index in [1.54, 1.807) is 12.1 Å². The summed E-state index contributed by atoms with van der Waals surface area (Å²) < 4.78 is 18.9. The SMILES string of the molecule is CC1CCCCC1NC(=O)NC(=O)CN1CCCC(c2nc(-c3cccc(F)c3)no2)C1. The summed E-state index contributed by atoms with van der Waals surface area (Å²) in [4.78, 5) is 31.1. The van der Waals surface area contributed by atoms with Crippen LogP contribution in [0.4, 0.5) is 9.18 Å². The Kier molecular flexibility index (Phi) is 7.14. The molecular weight excluding hydrogens is 413 g/mol. The van der Waals surface area contributed by atoms with Gasteiger partial charge >= 0.3 is 6.03 Å². The highest BCUT2D eigenvalue weighted by Crippen LogP contribution is 2.28. The normalized spacial score (nSPS) is 24.1. The molecule has 1 aliphatic carbocycles. The molecule has 32 heavy (non-hydrogen) atoms. The Labute approximate surface area is 186 Å². The number of aromatic nitrogens is 2. The van der Waals surface area contributed by atoms with Crippen molar-refractivity contribution >= 4 is 11.9 Å². The number of urea groups is 1. The number of carbonyl (C=O) groups is 2. The summed E-state index contributed by atoms with van der Waals surface area (Å²) in [6, 6.07) is 5.77. The monoisotopic (exact) mass is 443 g/mol. The lowest BCUT2D eigenvalue weighted by Gasteiger charge is -2.31. The van der Waals surface area contributed by atoms with Gasteiger partial charge in [-0.25, -0.2) is 9.18 Å². The molecule has 2 heterocycles. The minimum absolute atomic E-state index is 0.0109. The second-order valence-corrected chi connectivity index (χ2v) is 8.93. The highest BCUT2D eigenvalue weighted by atomic mass is 19.1. The maximum Gasteiger partial charge on any atom is 0.321 e. The van der Waals surface area contributed by atoms with Gasteiger partial charge in [-0.1, -0.05) is 37.1 Å². The second kappa shape index (κ2) is 10.2. The first-order valence-corrected chi connectivity index (χ1v) is 11.4. The fraction of sp³-hybridized carbons (Fsp3) is 0.565. The van der Waals surface area contributed by atoms with Crippen molar-refractivity contribution in [1.29, 1.82) is 0 Å². The lowest BCUT2D eigenvalue weighted by Crippen LogP contribution is -2.50. The number of amides is 3. The summed E-state index contributed by atoms with van der Waals surface area (Å²) in [7, 11) is 0. The number of benzene rings is 1. The van der Waals surface area contributed by atoms with E-state index in [0.29, 0.717) is 29.7 Å². The quantitative estimate of drug-likeness (QED) is 0.734. The van der Waals surface area contributed by atoms with Gasteiger partial charge in [-0.05, 0) is 50.3 Å². The standard InChI is InChI=1S/C23H30FN5O3/c1-15-6-2-3-10-19(15)25-23(31)26-20(30)14-29-11-5-8-17(13-29)22-27-21(28-32-22)16-7-4-9-18(24)12-16/h4,7,9,12,15,17,19H,2-3,5-6,8,10-11,13-14H2,1H3,(H2,25,26,30,31). The van der Waals surface area contributed by atoms with Gasteiger partial charge in [-0.15, -0.1) is 0 Å². The summed E-state index contributed by atoms with van der Waals surface area (Å²) in [5.74, 6) is 0.576. The first kappa shape index (κ1) is 22.4. The van der Waals surface area contributed by atoms with E-state index in [4.69, 9.17) is 4.52 Å². The smallest absolute Gasteiger partial charge is 0.321 e. The van der Waals surface area contributed by atoms with Crippen LogP contribution in [0.1, 0.15) is 57.3 Å². The van der Waals surface area contributed by atoms with Crippen LogP contribution in [0, 0.1) is 11.7 Å². The molecule has 2 fully saturated rings. The van der Waals surface area contributed by atoms with Gasteiger partial charge in [0.25, 0.3) is 0 Å². The molecule has 172 valence electrons. The summed E-state index contributed by atoms with van der Waals surface area (Å²) in [5.41, 5.74) is 0.560. The summed E-state index contributed by atoms with van der Waals surface area (Å²) >= 11 is 0. The third-order valence-corrected chi connectivity index (χ3v) is 6.43. The maximum atomic E-state index is 13.5. The van der Waals surface area contributed by atoms with Crippen LogP contribution in [-0.4, -0.2) is 52.7 Å². The lowest BCUT2D eigenvalue weighted by atomic mass is 9.86. The van der Waals surface area contributed by atoms with E-state index in [0.717, 1.165) is 38.6 Å². The van der Waals surface area contributed by atoms with E-state index in [1.807, 2.05) is 4.90 Å². The molecule has 3 amide bonds. The molecule has 1 aromatic carbocycles. The van der Waals surface area contributed by atoms with Crippen LogP contribution in [0.25, 0.3) is 11.4 Å². The van der Waals surface area contributed by atoms with Crippen LogP contribution in [0.2, 0.25) is 0 Å². The Morgan fingerprint density at radius 3 is 2.88 bits per heavy atom. The molecule has 3 atom stereocenters. The minimum Gasteiger partial charge on any atom is -0.339 e. The predicted molar refractivity (Wildman–Crippen MR) is 116 cm³/mol. The third-order valence-electron chi connectivity index (χ3n) is 6.43. The van der Waals surface area contributed by atoms with Gasteiger partial charge in [-0.3, -0.25) is 15.0 Å². The molecule has 2 aliphatic rings. The highest BCUT2D eigenvalue weighted by Gasteiger charge is 2.28. The van der Waals surface area contributed by atoms with Gasteiger partial charge in [0.2, 0.25) is 17.6 Å². The van der Waals surface area contributed by atoms with Crippen LogP contribution < -0.4 is 10.6 Å². The molecule has 9 heteroatoms. The van der Waals surface area contributed by atoms with Crippen LogP contribution in [-0.2, 0) is 4.79 Å². The summed E-state index contributed by atoms with van der Waals surface area (Å²) in [5, 5.41) is 9.39. The van der Waals surface area contributed by atoms with E-state index in [2.05, 4.69) is 27.7 Å². The van der Waals surface area contributed by atoms with Crippen molar-refractivity contribution in [2.75, 3.05) is 19.6 Å². The number of carbonyl (C=O) groups excluding carboxylic acids is 2. The number of piperidine rings is 1. The fourth-order valence-corrected chi connectivity index (χ4v) is 4.65. The molecule has 3 unspecified atom stereocenters. The second-order valence-electron chi connectivity index (χ2n) is 8.93. The van der Waals surface area contributed by atoms with Gasteiger partial charge in [0, 0.05) is 18.2 Å². The molecule has 4 rings (SSSR count). The van der Waals surface area contributed by atoms with Gasteiger partial charge in [0.05, 0.1) is 12.5 Å². The van der Waals surface area contributed by atoms with Crippen LogP contribution >= 0.6 is 0 Å². The number of nitrogens with one attached hydrogen (secondary N) is 2. The first-order valence-electron chi connectivity index (χ1n) is 11.4. The van der Waals surface area contributed by atoms with Crippen molar-refractivity contribution in [3.05, 3.63) is 36.0 Å². The fourth-order valence-electron chi connectivity index (χ4n) is 4.65. The molecular formula is C23H30FN5O3. The topological polar surface area (TPSA) is 100 Å². The molecule has 0 spiro atoms. The van der Waals surface area contributed by atoms with Crippen LogP contribution in [0.15, 0.2) is 28.8 Å².